The Kier molecular flexibility index (Phi) is 8.54. The number of carbonyl (C=O) groups is 3. The van der Waals surface area contributed by atoms with Crippen LogP contribution in [0, 0.1) is 0 Å². The number of hydrogen-bond acceptors (Lipinski definition) is 4. The number of nitrogens with zero attached hydrogens (tertiary/aromatic N) is 1. The molecule has 0 saturated heterocycles. The molecule has 1 N–H and O–H groups in total. The van der Waals surface area contributed by atoms with Crippen LogP contribution in [0.2, 0.25) is 0 Å². The molecule has 1 aromatic carbocycles. The van der Waals surface area contributed by atoms with Gasteiger partial charge in [0.2, 0.25) is 11.8 Å². The van der Waals surface area contributed by atoms with Gasteiger partial charge >= 0.3 is 5.97 Å². The summed E-state index contributed by atoms with van der Waals surface area (Å²) in [4.78, 5) is 36.8. The SMILES string of the molecule is CCCCCNC(=O)CN(C(C)=O)c1ccc(C(=O)OCC)cc1. The van der Waals surface area contributed by atoms with Crippen LogP contribution >= 0.6 is 0 Å². The first-order valence-electron chi connectivity index (χ1n) is 8.31. The van der Waals surface area contributed by atoms with Gasteiger partial charge in [0, 0.05) is 19.2 Å². The van der Waals surface area contributed by atoms with Gasteiger partial charge in [-0.05, 0) is 37.6 Å². The Morgan fingerprint density at radius 3 is 2.29 bits per heavy atom. The zero-order valence-electron chi connectivity index (χ0n) is 14.6. The Hall–Kier alpha value is -2.37. The monoisotopic (exact) mass is 334 g/mol. The third-order valence-electron chi connectivity index (χ3n) is 3.47. The number of anilines is 1. The molecule has 0 radical (unpaired) electrons. The zero-order valence-corrected chi connectivity index (χ0v) is 14.6. The van der Waals surface area contributed by atoms with Gasteiger partial charge in [0.05, 0.1) is 12.2 Å². The lowest BCUT2D eigenvalue weighted by Gasteiger charge is -2.21. The average Bonchev–Trinajstić information content (AvgIpc) is 2.57. The van der Waals surface area contributed by atoms with Crippen molar-refractivity contribution < 1.29 is 19.1 Å². The molecule has 24 heavy (non-hydrogen) atoms. The number of esters is 1. The van der Waals surface area contributed by atoms with Crippen LogP contribution in [-0.4, -0.2) is 37.5 Å². The highest BCUT2D eigenvalue weighted by molar-refractivity contribution is 5.98. The van der Waals surface area contributed by atoms with E-state index in [1.165, 1.54) is 11.8 Å². The number of hydrogen-bond donors (Lipinski definition) is 1. The fraction of sp³-hybridized carbons (Fsp3) is 0.500. The van der Waals surface area contributed by atoms with Crippen molar-refractivity contribution in [3.8, 4) is 0 Å². The van der Waals surface area contributed by atoms with Crippen LogP contribution in [0.3, 0.4) is 0 Å². The number of nitrogens with one attached hydrogen (secondary N) is 1. The Morgan fingerprint density at radius 1 is 1.08 bits per heavy atom. The summed E-state index contributed by atoms with van der Waals surface area (Å²) in [5, 5.41) is 2.81. The minimum absolute atomic E-state index is 0.0415. The van der Waals surface area contributed by atoms with Crippen molar-refractivity contribution in [1.29, 1.82) is 0 Å². The van der Waals surface area contributed by atoms with Crippen LogP contribution in [0.4, 0.5) is 5.69 Å². The van der Waals surface area contributed by atoms with E-state index in [0.717, 1.165) is 19.3 Å². The summed E-state index contributed by atoms with van der Waals surface area (Å²) in [5.41, 5.74) is 0.979. The Labute approximate surface area is 143 Å². The molecular weight excluding hydrogens is 308 g/mol. The maximum Gasteiger partial charge on any atom is 0.338 e. The maximum absolute atomic E-state index is 12.0. The van der Waals surface area contributed by atoms with Crippen molar-refractivity contribution in [1.82, 2.24) is 5.32 Å². The summed E-state index contributed by atoms with van der Waals surface area (Å²) in [5.74, 6) is -0.842. The lowest BCUT2D eigenvalue weighted by atomic mass is 10.2. The number of carbonyl (C=O) groups excluding carboxylic acids is 3. The molecule has 0 bridgehead atoms. The summed E-state index contributed by atoms with van der Waals surface area (Å²) in [6, 6.07) is 6.45. The normalized spacial score (nSPS) is 10.1. The molecule has 6 heteroatoms. The molecule has 0 unspecified atom stereocenters. The van der Waals surface area contributed by atoms with Crippen LogP contribution in [0.1, 0.15) is 50.4 Å². The molecule has 0 fully saturated rings. The van der Waals surface area contributed by atoms with Crippen molar-refractivity contribution in [3.63, 3.8) is 0 Å². The van der Waals surface area contributed by atoms with E-state index in [1.54, 1.807) is 31.2 Å². The van der Waals surface area contributed by atoms with Crippen LogP contribution in [-0.2, 0) is 14.3 Å². The van der Waals surface area contributed by atoms with E-state index in [0.29, 0.717) is 24.4 Å². The molecule has 2 amide bonds. The molecule has 0 atom stereocenters. The number of unbranched alkanes of at least 4 members (excludes halogenated alkanes) is 2. The van der Waals surface area contributed by atoms with Gasteiger partial charge < -0.3 is 15.0 Å². The third kappa shape index (κ3) is 6.40. The molecule has 0 aliphatic carbocycles. The molecule has 132 valence electrons. The van der Waals surface area contributed by atoms with Crippen molar-refractivity contribution in [2.75, 3.05) is 24.6 Å². The van der Waals surface area contributed by atoms with Gasteiger partial charge in [0.25, 0.3) is 0 Å². The Balaban J connectivity index is 2.69. The predicted octanol–water partition coefficient (Wildman–Crippen LogP) is 2.52. The lowest BCUT2D eigenvalue weighted by molar-refractivity contribution is -0.123. The third-order valence-corrected chi connectivity index (χ3v) is 3.47. The standard InChI is InChI=1S/C18H26N2O4/c1-4-6-7-12-19-17(22)13-20(14(3)21)16-10-8-15(9-11-16)18(23)24-5-2/h8-11H,4-7,12-13H2,1-3H3,(H,19,22). The molecule has 0 aliphatic heterocycles. The first kappa shape index (κ1) is 19.7. The van der Waals surface area contributed by atoms with Crippen molar-refractivity contribution in [2.24, 2.45) is 0 Å². The van der Waals surface area contributed by atoms with E-state index in [-0.39, 0.29) is 18.4 Å². The van der Waals surface area contributed by atoms with Crippen LogP contribution < -0.4 is 10.2 Å². The number of ether oxygens (including phenoxy) is 1. The molecule has 6 nitrogen and oxygen atoms in total. The van der Waals surface area contributed by atoms with Gasteiger partial charge in [0.1, 0.15) is 6.54 Å². The molecule has 0 spiro atoms. The van der Waals surface area contributed by atoms with Gasteiger partial charge in [0.15, 0.2) is 0 Å². The quantitative estimate of drug-likeness (QED) is 0.556. The Bertz CT molecular complexity index is 555. The van der Waals surface area contributed by atoms with Gasteiger partial charge in [-0.3, -0.25) is 9.59 Å². The average molecular weight is 334 g/mol. The van der Waals surface area contributed by atoms with Gasteiger partial charge in [-0.1, -0.05) is 19.8 Å². The van der Waals surface area contributed by atoms with E-state index in [1.807, 2.05) is 0 Å². The van der Waals surface area contributed by atoms with Crippen LogP contribution in [0.5, 0.6) is 0 Å². The second-order valence-corrected chi connectivity index (χ2v) is 5.43. The molecular formula is C18H26N2O4. The summed E-state index contributed by atoms with van der Waals surface area (Å²) >= 11 is 0. The topological polar surface area (TPSA) is 75.7 Å². The maximum atomic E-state index is 12.0. The van der Waals surface area contributed by atoms with E-state index in [9.17, 15) is 14.4 Å². The van der Waals surface area contributed by atoms with Gasteiger partial charge in [-0.15, -0.1) is 0 Å². The highest BCUT2D eigenvalue weighted by Gasteiger charge is 2.16. The molecule has 0 saturated carbocycles. The van der Waals surface area contributed by atoms with Crippen molar-refractivity contribution >= 4 is 23.5 Å². The summed E-state index contributed by atoms with van der Waals surface area (Å²) < 4.78 is 4.92. The minimum Gasteiger partial charge on any atom is -0.462 e. The molecule has 1 rings (SSSR count). The fourth-order valence-electron chi connectivity index (χ4n) is 2.18. The van der Waals surface area contributed by atoms with Gasteiger partial charge in [-0.25, -0.2) is 4.79 Å². The molecule has 0 aromatic heterocycles. The fourth-order valence-corrected chi connectivity index (χ4v) is 2.18. The highest BCUT2D eigenvalue weighted by Crippen LogP contribution is 2.16. The van der Waals surface area contributed by atoms with Crippen LogP contribution in [0.25, 0.3) is 0 Å². The first-order valence-corrected chi connectivity index (χ1v) is 8.31. The number of rotatable bonds is 9. The van der Waals surface area contributed by atoms with Crippen molar-refractivity contribution in [2.45, 2.75) is 40.0 Å². The van der Waals surface area contributed by atoms with Gasteiger partial charge in [-0.2, -0.15) is 0 Å². The molecule has 1 aromatic rings. The Morgan fingerprint density at radius 2 is 1.75 bits per heavy atom. The van der Waals surface area contributed by atoms with E-state index in [4.69, 9.17) is 4.74 Å². The number of benzene rings is 1. The molecule has 0 aliphatic rings. The smallest absolute Gasteiger partial charge is 0.338 e. The minimum atomic E-state index is -0.410. The number of amides is 2. The van der Waals surface area contributed by atoms with E-state index >= 15 is 0 Å². The summed E-state index contributed by atoms with van der Waals surface area (Å²) in [6.07, 6.45) is 3.07. The zero-order chi connectivity index (χ0) is 17.9. The predicted molar refractivity (Wildman–Crippen MR) is 93.0 cm³/mol. The summed E-state index contributed by atoms with van der Waals surface area (Å²) in [6.45, 7) is 6.12. The summed E-state index contributed by atoms with van der Waals surface area (Å²) in [7, 11) is 0. The molecule has 0 heterocycles. The lowest BCUT2D eigenvalue weighted by Crippen LogP contribution is -2.40. The highest BCUT2D eigenvalue weighted by atomic mass is 16.5. The first-order chi connectivity index (χ1) is 11.5. The van der Waals surface area contributed by atoms with Crippen molar-refractivity contribution in [3.05, 3.63) is 29.8 Å². The van der Waals surface area contributed by atoms with E-state index in [2.05, 4.69) is 12.2 Å². The largest absolute Gasteiger partial charge is 0.462 e. The second-order valence-electron chi connectivity index (χ2n) is 5.43. The van der Waals surface area contributed by atoms with E-state index < -0.39 is 5.97 Å². The second kappa shape index (κ2) is 10.4. The van der Waals surface area contributed by atoms with Crippen LogP contribution in [0.15, 0.2) is 24.3 Å².